The molecule has 3 heterocycles. The molecule has 0 radical (unpaired) electrons. The van der Waals surface area contributed by atoms with Crippen LogP contribution in [0.1, 0.15) is 31.4 Å². The maximum Gasteiger partial charge on any atom is 0.239 e. The molecule has 5 rings (SSSR count). The molecule has 0 saturated carbocycles. The van der Waals surface area contributed by atoms with E-state index < -0.39 is 0 Å². The van der Waals surface area contributed by atoms with E-state index >= 15 is 0 Å². The first kappa shape index (κ1) is 21.6. The van der Waals surface area contributed by atoms with Crippen molar-refractivity contribution in [3.8, 4) is 0 Å². The number of rotatable bonds is 4. The van der Waals surface area contributed by atoms with E-state index in [4.69, 9.17) is 23.2 Å². The third-order valence-electron chi connectivity index (χ3n) is 6.68. The monoisotopic (exact) mass is 471 g/mol. The number of piperazine rings is 1. The van der Waals surface area contributed by atoms with Crippen molar-refractivity contribution in [2.24, 2.45) is 0 Å². The van der Waals surface area contributed by atoms with Gasteiger partial charge in [-0.05, 0) is 62.2 Å². The SMILES string of the molecule is C[C@H](c1ccc(Cl)cc1Cl)n1ncc2ccc(N3CCN(C(=O)[C@H]4CCCN4)CC3)cc21. The first-order valence-corrected chi connectivity index (χ1v) is 12.0. The smallest absolute Gasteiger partial charge is 0.239 e. The standard InChI is InChI=1S/C24H27Cl2N5O/c1-16(20-7-5-18(25)13-21(20)26)31-23-14-19(6-4-17(23)15-28-31)29-9-11-30(12-10-29)24(32)22-3-2-8-27-22/h4-7,13-16,22,27H,2-3,8-12H2,1H3/t16-,22-/m1/s1. The molecule has 1 aromatic heterocycles. The average Bonchev–Trinajstić information content (AvgIpc) is 3.48. The minimum Gasteiger partial charge on any atom is -0.368 e. The molecule has 2 aromatic carbocycles. The van der Waals surface area contributed by atoms with Crippen LogP contribution in [0.2, 0.25) is 10.0 Å². The van der Waals surface area contributed by atoms with Crippen LogP contribution in [0.3, 0.4) is 0 Å². The third kappa shape index (κ3) is 4.07. The summed E-state index contributed by atoms with van der Waals surface area (Å²) >= 11 is 12.5. The van der Waals surface area contributed by atoms with E-state index in [1.807, 2.05) is 27.9 Å². The number of aromatic nitrogens is 2. The predicted molar refractivity (Wildman–Crippen MR) is 130 cm³/mol. The summed E-state index contributed by atoms with van der Waals surface area (Å²) in [5, 5.41) is 10.3. The van der Waals surface area contributed by atoms with E-state index in [1.54, 1.807) is 6.07 Å². The van der Waals surface area contributed by atoms with E-state index in [9.17, 15) is 4.79 Å². The molecule has 32 heavy (non-hydrogen) atoms. The largest absolute Gasteiger partial charge is 0.368 e. The molecular weight excluding hydrogens is 445 g/mol. The number of carbonyl (C=O) groups is 1. The number of nitrogens with one attached hydrogen (secondary N) is 1. The van der Waals surface area contributed by atoms with Gasteiger partial charge in [0.15, 0.2) is 0 Å². The number of halogens is 2. The zero-order valence-corrected chi connectivity index (χ0v) is 19.6. The predicted octanol–water partition coefficient (Wildman–Crippen LogP) is 4.35. The van der Waals surface area contributed by atoms with Crippen LogP contribution < -0.4 is 10.2 Å². The van der Waals surface area contributed by atoms with Crippen LogP contribution >= 0.6 is 23.2 Å². The minimum absolute atomic E-state index is 0.00781. The van der Waals surface area contributed by atoms with Crippen molar-refractivity contribution in [1.29, 1.82) is 0 Å². The Morgan fingerprint density at radius 1 is 1.12 bits per heavy atom. The second-order valence-electron chi connectivity index (χ2n) is 8.64. The second kappa shape index (κ2) is 8.93. The topological polar surface area (TPSA) is 53.4 Å². The molecule has 8 heteroatoms. The van der Waals surface area contributed by atoms with Crippen molar-refractivity contribution < 1.29 is 4.79 Å². The van der Waals surface area contributed by atoms with Gasteiger partial charge in [0.1, 0.15) is 0 Å². The van der Waals surface area contributed by atoms with Gasteiger partial charge in [0.25, 0.3) is 0 Å². The summed E-state index contributed by atoms with van der Waals surface area (Å²) in [6, 6.07) is 12.0. The molecule has 168 valence electrons. The Balaban J connectivity index is 1.34. The van der Waals surface area contributed by atoms with Crippen LogP contribution in [0.4, 0.5) is 5.69 Å². The fraction of sp³-hybridized carbons (Fsp3) is 0.417. The molecule has 3 aromatic rings. The molecule has 2 aliphatic rings. The van der Waals surface area contributed by atoms with Crippen LogP contribution in [0.25, 0.3) is 10.9 Å². The number of fused-ring (bicyclic) bond motifs is 1. The lowest BCUT2D eigenvalue weighted by Gasteiger charge is -2.37. The molecule has 0 unspecified atom stereocenters. The normalized spacial score (nSPS) is 20.2. The van der Waals surface area contributed by atoms with Crippen LogP contribution in [-0.4, -0.2) is 59.4 Å². The Hall–Kier alpha value is -2.28. The number of nitrogens with zero attached hydrogens (tertiary/aromatic N) is 4. The molecule has 0 aliphatic carbocycles. The highest BCUT2D eigenvalue weighted by molar-refractivity contribution is 6.35. The van der Waals surface area contributed by atoms with E-state index in [-0.39, 0.29) is 18.0 Å². The second-order valence-corrected chi connectivity index (χ2v) is 9.48. The Bertz CT molecular complexity index is 1130. The summed E-state index contributed by atoms with van der Waals surface area (Å²) in [4.78, 5) is 17.1. The highest BCUT2D eigenvalue weighted by atomic mass is 35.5. The molecule has 2 saturated heterocycles. The quantitative estimate of drug-likeness (QED) is 0.614. The Kier molecular flexibility index (Phi) is 6.01. The lowest BCUT2D eigenvalue weighted by atomic mass is 10.1. The van der Waals surface area contributed by atoms with Gasteiger partial charge >= 0.3 is 0 Å². The third-order valence-corrected chi connectivity index (χ3v) is 7.24. The van der Waals surface area contributed by atoms with E-state index in [1.165, 1.54) is 0 Å². The van der Waals surface area contributed by atoms with E-state index in [2.05, 4.69) is 40.4 Å². The van der Waals surface area contributed by atoms with E-state index in [0.717, 1.165) is 67.7 Å². The highest BCUT2D eigenvalue weighted by Gasteiger charge is 2.29. The number of benzene rings is 2. The van der Waals surface area contributed by atoms with Crippen LogP contribution in [0, 0.1) is 0 Å². The number of carbonyl (C=O) groups excluding carboxylic acids is 1. The average molecular weight is 472 g/mol. The Labute approximate surface area is 198 Å². The first-order chi connectivity index (χ1) is 15.5. The zero-order chi connectivity index (χ0) is 22.2. The molecule has 2 fully saturated rings. The van der Waals surface area contributed by atoms with Crippen molar-refractivity contribution in [1.82, 2.24) is 20.0 Å². The van der Waals surface area contributed by atoms with Crippen molar-refractivity contribution in [2.75, 3.05) is 37.6 Å². The molecule has 1 amide bonds. The summed E-state index contributed by atoms with van der Waals surface area (Å²) in [6.45, 7) is 6.21. The molecular formula is C24H27Cl2N5O. The first-order valence-electron chi connectivity index (χ1n) is 11.2. The fourth-order valence-corrected chi connectivity index (χ4v) is 5.37. The van der Waals surface area contributed by atoms with Crippen LogP contribution in [0.5, 0.6) is 0 Å². The van der Waals surface area contributed by atoms with Gasteiger partial charge in [-0.3, -0.25) is 9.48 Å². The number of hydrogen-bond acceptors (Lipinski definition) is 4. The Morgan fingerprint density at radius 2 is 1.94 bits per heavy atom. The van der Waals surface area contributed by atoms with Gasteiger partial charge in [0, 0.05) is 47.3 Å². The van der Waals surface area contributed by atoms with Gasteiger partial charge in [0.05, 0.1) is 23.8 Å². The maximum atomic E-state index is 12.7. The summed E-state index contributed by atoms with van der Waals surface area (Å²) in [5.74, 6) is 0.254. The van der Waals surface area contributed by atoms with Gasteiger partial charge in [-0.15, -0.1) is 0 Å². The fourth-order valence-electron chi connectivity index (χ4n) is 4.80. The lowest BCUT2D eigenvalue weighted by Crippen LogP contribution is -2.53. The molecule has 2 aliphatic heterocycles. The highest BCUT2D eigenvalue weighted by Crippen LogP contribution is 2.32. The van der Waals surface area contributed by atoms with Gasteiger partial charge < -0.3 is 15.1 Å². The summed E-state index contributed by atoms with van der Waals surface area (Å²) in [5.41, 5.74) is 3.20. The summed E-state index contributed by atoms with van der Waals surface area (Å²) in [6.07, 6.45) is 3.93. The molecule has 0 spiro atoms. The van der Waals surface area contributed by atoms with Gasteiger partial charge in [0.2, 0.25) is 5.91 Å². The van der Waals surface area contributed by atoms with Gasteiger partial charge in [-0.2, -0.15) is 5.10 Å². The molecule has 1 N–H and O–H groups in total. The van der Waals surface area contributed by atoms with Crippen LogP contribution in [-0.2, 0) is 4.79 Å². The Morgan fingerprint density at radius 3 is 2.66 bits per heavy atom. The summed E-state index contributed by atoms with van der Waals surface area (Å²) < 4.78 is 2.01. The van der Waals surface area contributed by atoms with Crippen molar-refractivity contribution >= 4 is 45.7 Å². The number of hydrogen-bond donors (Lipinski definition) is 1. The zero-order valence-electron chi connectivity index (χ0n) is 18.1. The van der Waals surface area contributed by atoms with Crippen LogP contribution in [0.15, 0.2) is 42.6 Å². The molecule has 6 nitrogen and oxygen atoms in total. The van der Waals surface area contributed by atoms with Crippen molar-refractivity contribution in [3.63, 3.8) is 0 Å². The lowest BCUT2D eigenvalue weighted by molar-refractivity contribution is -0.133. The molecule has 2 atom stereocenters. The number of anilines is 1. The summed E-state index contributed by atoms with van der Waals surface area (Å²) in [7, 11) is 0. The van der Waals surface area contributed by atoms with Crippen molar-refractivity contribution in [2.45, 2.75) is 31.8 Å². The van der Waals surface area contributed by atoms with Crippen molar-refractivity contribution in [3.05, 3.63) is 58.2 Å². The van der Waals surface area contributed by atoms with E-state index in [0.29, 0.717) is 10.0 Å². The van der Waals surface area contributed by atoms with Gasteiger partial charge in [-0.1, -0.05) is 29.3 Å². The number of amides is 1. The minimum atomic E-state index is -0.0269. The maximum absolute atomic E-state index is 12.7. The molecule has 0 bridgehead atoms. The van der Waals surface area contributed by atoms with Gasteiger partial charge in [-0.25, -0.2) is 0 Å².